The van der Waals surface area contributed by atoms with Gasteiger partial charge >= 0.3 is 0 Å². The Balaban J connectivity index is 1.44. The molecule has 0 spiro atoms. The second-order valence-corrected chi connectivity index (χ2v) is 6.31. The first kappa shape index (κ1) is 17.7. The normalized spacial score (nSPS) is 18.9. The highest BCUT2D eigenvalue weighted by Gasteiger charge is 2.30. The summed E-state index contributed by atoms with van der Waals surface area (Å²) in [5, 5.41) is 0. The number of nitrogens with zero attached hydrogens (tertiary/aromatic N) is 2. The molecule has 2 saturated heterocycles. The Labute approximate surface area is 146 Å². The fourth-order valence-electron chi connectivity index (χ4n) is 3.21. The van der Waals surface area contributed by atoms with Gasteiger partial charge in [-0.15, -0.1) is 0 Å². The summed E-state index contributed by atoms with van der Waals surface area (Å²) in [5.74, 6) is -0.452. The highest BCUT2D eigenvalue weighted by Crippen LogP contribution is 2.21. The van der Waals surface area contributed by atoms with Gasteiger partial charge in [0.2, 0.25) is 5.91 Å². The molecule has 7 heteroatoms. The van der Waals surface area contributed by atoms with E-state index < -0.39 is 5.82 Å². The molecule has 2 aliphatic rings. The van der Waals surface area contributed by atoms with E-state index in [1.54, 1.807) is 17.0 Å². The molecule has 0 bridgehead atoms. The molecule has 2 amide bonds. The maximum Gasteiger partial charge on any atom is 0.260 e. The molecule has 2 fully saturated rings. The fraction of sp³-hybridized carbons (Fsp3) is 0.556. The Kier molecular flexibility index (Phi) is 5.86. The van der Waals surface area contributed by atoms with Crippen LogP contribution in [0.2, 0.25) is 0 Å². The predicted molar refractivity (Wildman–Crippen MR) is 88.6 cm³/mol. The van der Waals surface area contributed by atoms with Crippen LogP contribution in [-0.4, -0.2) is 67.6 Å². The number of ether oxygens (including phenoxy) is 2. The van der Waals surface area contributed by atoms with E-state index in [2.05, 4.69) is 0 Å². The van der Waals surface area contributed by atoms with Crippen molar-refractivity contribution in [3.8, 4) is 5.75 Å². The number of hydrogen-bond donors (Lipinski definition) is 0. The van der Waals surface area contributed by atoms with Gasteiger partial charge in [-0.05, 0) is 25.0 Å². The number of hydrogen-bond acceptors (Lipinski definition) is 4. The number of morpholine rings is 1. The van der Waals surface area contributed by atoms with Gasteiger partial charge in [-0.1, -0.05) is 12.1 Å². The van der Waals surface area contributed by atoms with Crippen LogP contribution < -0.4 is 4.74 Å². The highest BCUT2D eigenvalue weighted by molar-refractivity contribution is 5.80. The minimum atomic E-state index is -0.481. The number of rotatable bonds is 4. The van der Waals surface area contributed by atoms with Crippen molar-refractivity contribution in [1.82, 2.24) is 9.80 Å². The first-order valence-corrected chi connectivity index (χ1v) is 8.67. The van der Waals surface area contributed by atoms with E-state index in [4.69, 9.17) is 9.47 Å². The van der Waals surface area contributed by atoms with E-state index in [1.165, 1.54) is 12.1 Å². The largest absolute Gasteiger partial charge is 0.481 e. The van der Waals surface area contributed by atoms with Crippen LogP contribution in [0.15, 0.2) is 24.3 Å². The van der Waals surface area contributed by atoms with Crippen molar-refractivity contribution in [2.45, 2.75) is 12.8 Å². The molecular formula is C18H23FN2O4. The number of carbonyl (C=O) groups excluding carboxylic acids is 2. The molecule has 0 saturated carbocycles. The number of likely N-dealkylation sites (tertiary alicyclic amines) is 1. The van der Waals surface area contributed by atoms with E-state index in [0.717, 1.165) is 0 Å². The van der Waals surface area contributed by atoms with Crippen molar-refractivity contribution in [3.05, 3.63) is 30.1 Å². The molecule has 2 heterocycles. The van der Waals surface area contributed by atoms with Gasteiger partial charge in [-0.2, -0.15) is 0 Å². The summed E-state index contributed by atoms with van der Waals surface area (Å²) in [6.07, 6.45) is 1.31. The van der Waals surface area contributed by atoms with Gasteiger partial charge in [0.1, 0.15) is 0 Å². The molecule has 25 heavy (non-hydrogen) atoms. The molecule has 3 rings (SSSR count). The number of piperidine rings is 1. The smallest absolute Gasteiger partial charge is 0.260 e. The molecular weight excluding hydrogens is 327 g/mol. The van der Waals surface area contributed by atoms with Gasteiger partial charge in [-0.3, -0.25) is 9.59 Å². The topological polar surface area (TPSA) is 59.1 Å². The number of para-hydroxylation sites is 1. The first-order chi connectivity index (χ1) is 12.1. The maximum absolute atomic E-state index is 13.5. The number of amides is 2. The van der Waals surface area contributed by atoms with Gasteiger partial charge in [0.15, 0.2) is 18.2 Å². The standard InChI is InChI=1S/C18H23FN2O4/c19-15-3-1-2-4-16(15)25-13-17(22)20-7-5-14(6-8-20)18(23)21-9-11-24-12-10-21/h1-4,14H,5-13H2. The third-order valence-electron chi connectivity index (χ3n) is 4.71. The molecule has 0 aliphatic carbocycles. The van der Waals surface area contributed by atoms with Gasteiger partial charge < -0.3 is 19.3 Å². The van der Waals surface area contributed by atoms with Crippen molar-refractivity contribution >= 4 is 11.8 Å². The zero-order chi connectivity index (χ0) is 17.6. The average Bonchev–Trinajstić information content (AvgIpc) is 2.67. The van der Waals surface area contributed by atoms with Gasteiger partial charge in [0.25, 0.3) is 5.91 Å². The Bertz CT molecular complexity index is 611. The van der Waals surface area contributed by atoms with Crippen LogP contribution in [0.25, 0.3) is 0 Å². The summed E-state index contributed by atoms with van der Waals surface area (Å²) in [6.45, 7) is 3.35. The molecule has 1 aromatic rings. The van der Waals surface area contributed by atoms with Crippen molar-refractivity contribution in [2.24, 2.45) is 5.92 Å². The third-order valence-corrected chi connectivity index (χ3v) is 4.71. The summed E-state index contributed by atoms with van der Waals surface area (Å²) < 4.78 is 24.0. The number of halogens is 1. The number of carbonyl (C=O) groups is 2. The average molecular weight is 350 g/mol. The SMILES string of the molecule is O=C(COc1ccccc1F)N1CCC(C(=O)N2CCOCC2)CC1. The lowest BCUT2D eigenvalue weighted by Crippen LogP contribution is -2.48. The second kappa shape index (κ2) is 8.29. The molecule has 136 valence electrons. The molecule has 0 unspecified atom stereocenters. The van der Waals surface area contributed by atoms with E-state index in [1.807, 2.05) is 4.90 Å². The van der Waals surface area contributed by atoms with Crippen molar-refractivity contribution in [2.75, 3.05) is 46.0 Å². The van der Waals surface area contributed by atoms with Gasteiger partial charge in [-0.25, -0.2) is 4.39 Å². The van der Waals surface area contributed by atoms with Crippen molar-refractivity contribution in [3.63, 3.8) is 0 Å². The zero-order valence-corrected chi connectivity index (χ0v) is 14.2. The van der Waals surface area contributed by atoms with Crippen LogP contribution >= 0.6 is 0 Å². The van der Waals surface area contributed by atoms with E-state index >= 15 is 0 Å². The van der Waals surface area contributed by atoms with Crippen LogP contribution in [0.4, 0.5) is 4.39 Å². The van der Waals surface area contributed by atoms with Crippen LogP contribution in [0.1, 0.15) is 12.8 Å². The molecule has 2 aliphatic heterocycles. The summed E-state index contributed by atoms with van der Waals surface area (Å²) in [4.78, 5) is 28.2. The van der Waals surface area contributed by atoms with Crippen molar-refractivity contribution < 1.29 is 23.5 Å². The molecule has 6 nitrogen and oxygen atoms in total. The lowest BCUT2D eigenvalue weighted by molar-refractivity contribution is -0.144. The van der Waals surface area contributed by atoms with Crippen LogP contribution in [0.3, 0.4) is 0 Å². The Hall–Kier alpha value is -2.15. The van der Waals surface area contributed by atoms with Crippen molar-refractivity contribution in [1.29, 1.82) is 0 Å². The minimum absolute atomic E-state index is 0.0327. The van der Waals surface area contributed by atoms with Crippen LogP contribution in [0.5, 0.6) is 5.75 Å². The van der Waals surface area contributed by atoms with Gasteiger partial charge in [0.05, 0.1) is 13.2 Å². The Morgan fingerprint density at radius 1 is 1.08 bits per heavy atom. The van der Waals surface area contributed by atoms with E-state index in [0.29, 0.717) is 52.2 Å². The molecule has 0 radical (unpaired) electrons. The zero-order valence-electron chi connectivity index (χ0n) is 14.2. The summed E-state index contributed by atoms with van der Waals surface area (Å²) in [5.41, 5.74) is 0. The monoisotopic (exact) mass is 350 g/mol. The van der Waals surface area contributed by atoms with Crippen LogP contribution in [-0.2, 0) is 14.3 Å². The van der Waals surface area contributed by atoms with Crippen LogP contribution in [0, 0.1) is 11.7 Å². The summed E-state index contributed by atoms with van der Waals surface area (Å²) >= 11 is 0. The second-order valence-electron chi connectivity index (χ2n) is 6.31. The lowest BCUT2D eigenvalue weighted by Gasteiger charge is -2.35. The lowest BCUT2D eigenvalue weighted by atomic mass is 9.95. The van der Waals surface area contributed by atoms with E-state index in [9.17, 15) is 14.0 Å². The Morgan fingerprint density at radius 3 is 2.44 bits per heavy atom. The number of benzene rings is 1. The minimum Gasteiger partial charge on any atom is -0.481 e. The maximum atomic E-state index is 13.5. The molecule has 1 aromatic carbocycles. The predicted octanol–water partition coefficient (Wildman–Crippen LogP) is 1.30. The fourth-order valence-corrected chi connectivity index (χ4v) is 3.21. The highest BCUT2D eigenvalue weighted by atomic mass is 19.1. The van der Waals surface area contributed by atoms with E-state index in [-0.39, 0.29) is 30.1 Å². The summed E-state index contributed by atoms with van der Waals surface area (Å²) in [7, 11) is 0. The quantitative estimate of drug-likeness (QED) is 0.821. The first-order valence-electron chi connectivity index (χ1n) is 8.67. The van der Waals surface area contributed by atoms with Gasteiger partial charge in [0, 0.05) is 32.1 Å². The molecule has 0 atom stereocenters. The molecule has 0 aromatic heterocycles. The third kappa shape index (κ3) is 4.48. The molecule has 0 N–H and O–H groups in total. The summed E-state index contributed by atoms with van der Waals surface area (Å²) in [6, 6.07) is 6.02. The Morgan fingerprint density at radius 2 is 1.76 bits per heavy atom.